The fourth-order valence-electron chi connectivity index (χ4n) is 3.14. The topological polar surface area (TPSA) is 84.7 Å². The van der Waals surface area contributed by atoms with Crippen molar-refractivity contribution >= 4 is 11.8 Å². The second kappa shape index (κ2) is 9.16. The van der Waals surface area contributed by atoms with E-state index in [1.807, 2.05) is 18.4 Å². The molecule has 1 aromatic rings. The Morgan fingerprint density at radius 1 is 1.31 bits per heavy atom. The van der Waals surface area contributed by atoms with Gasteiger partial charge in [-0.1, -0.05) is 20.8 Å². The minimum atomic E-state index is -0.327. The number of fused-ring (bicyclic) bond motifs is 1. The zero-order valence-corrected chi connectivity index (χ0v) is 16.3. The number of aliphatic hydroxyl groups excluding tert-OH is 1. The van der Waals surface area contributed by atoms with Crippen molar-refractivity contribution in [3.8, 4) is 6.01 Å². The van der Waals surface area contributed by atoms with Crippen LogP contribution in [0.3, 0.4) is 0 Å². The Hall–Kier alpha value is -1.89. The molecule has 7 nitrogen and oxygen atoms in total. The standard InChI is InChI=1S/C19H31N3O4/c1-5-26-19-20-15-8-7-14(4)17(24)22(10-6-12-23)18(25)16(15)21(19)11-9-13(2)3/h13-14,23H,5-12H2,1-4H3/t14-/m0/s1. The van der Waals surface area contributed by atoms with Crippen molar-refractivity contribution in [1.29, 1.82) is 0 Å². The van der Waals surface area contributed by atoms with Crippen LogP contribution in [0, 0.1) is 11.8 Å². The van der Waals surface area contributed by atoms with Crippen molar-refractivity contribution < 1.29 is 19.4 Å². The Kier molecular flexibility index (Phi) is 7.20. The second-order valence-electron chi connectivity index (χ2n) is 7.27. The molecule has 1 aliphatic rings. The lowest BCUT2D eigenvalue weighted by molar-refractivity contribution is -0.132. The van der Waals surface area contributed by atoms with E-state index >= 15 is 0 Å². The second-order valence-corrected chi connectivity index (χ2v) is 7.27. The summed E-state index contributed by atoms with van der Waals surface area (Å²) in [5.74, 6) is -0.281. The fraction of sp³-hybridized carbons (Fsp3) is 0.737. The summed E-state index contributed by atoms with van der Waals surface area (Å²) in [4.78, 5) is 31.8. The summed E-state index contributed by atoms with van der Waals surface area (Å²) >= 11 is 0. The van der Waals surface area contributed by atoms with Crippen LogP contribution in [0.25, 0.3) is 0 Å². The zero-order chi connectivity index (χ0) is 19.3. The van der Waals surface area contributed by atoms with Crippen LogP contribution >= 0.6 is 0 Å². The molecule has 26 heavy (non-hydrogen) atoms. The average Bonchev–Trinajstić information content (AvgIpc) is 2.94. The lowest BCUT2D eigenvalue weighted by atomic mass is 9.98. The third-order valence-corrected chi connectivity index (χ3v) is 4.70. The number of carbonyl (C=O) groups excluding carboxylic acids is 2. The Morgan fingerprint density at radius 3 is 2.65 bits per heavy atom. The van der Waals surface area contributed by atoms with E-state index in [-0.39, 0.29) is 30.9 Å². The van der Waals surface area contributed by atoms with E-state index in [0.717, 1.165) is 6.42 Å². The van der Waals surface area contributed by atoms with E-state index in [0.29, 0.717) is 55.7 Å². The number of ether oxygens (including phenoxy) is 1. The molecule has 2 amide bonds. The molecule has 0 spiro atoms. The third kappa shape index (κ3) is 4.44. The molecule has 1 N–H and O–H groups in total. The molecule has 0 saturated carbocycles. The lowest BCUT2D eigenvalue weighted by Gasteiger charge is -2.27. The van der Waals surface area contributed by atoms with Crippen molar-refractivity contribution in [3.05, 3.63) is 11.4 Å². The molecule has 1 aromatic heterocycles. The van der Waals surface area contributed by atoms with E-state index in [4.69, 9.17) is 9.84 Å². The van der Waals surface area contributed by atoms with Gasteiger partial charge in [0.2, 0.25) is 5.91 Å². The van der Waals surface area contributed by atoms with Crippen LogP contribution in [-0.2, 0) is 17.8 Å². The van der Waals surface area contributed by atoms with Gasteiger partial charge in [0.05, 0.1) is 12.3 Å². The van der Waals surface area contributed by atoms with E-state index in [9.17, 15) is 9.59 Å². The molecular weight excluding hydrogens is 334 g/mol. The molecule has 0 radical (unpaired) electrons. The highest BCUT2D eigenvalue weighted by Gasteiger charge is 2.35. The fourth-order valence-corrected chi connectivity index (χ4v) is 3.14. The monoisotopic (exact) mass is 365 g/mol. The Balaban J connectivity index is 2.48. The molecule has 1 atom stereocenters. The highest BCUT2D eigenvalue weighted by molar-refractivity contribution is 6.05. The third-order valence-electron chi connectivity index (χ3n) is 4.70. The number of rotatable bonds is 8. The van der Waals surface area contributed by atoms with E-state index < -0.39 is 0 Å². The number of nitrogens with zero attached hydrogens (tertiary/aromatic N) is 3. The highest BCUT2D eigenvalue weighted by Crippen LogP contribution is 2.27. The van der Waals surface area contributed by atoms with Gasteiger partial charge in [-0.3, -0.25) is 19.1 Å². The SMILES string of the molecule is CCOc1nc2c(n1CCC(C)C)C(=O)N(CCCO)C(=O)[C@@H](C)CC2. The number of amides is 2. The number of carbonyl (C=O) groups is 2. The first-order valence-corrected chi connectivity index (χ1v) is 9.59. The van der Waals surface area contributed by atoms with Crippen molar-refractivity contribution in [3.63, 3.8) is 0 Å². The largest absolute Gasteiger partial charge is 0.465 e. The van der Waals surface area contributed by atoms with E-state index in [1.165, 1.54) is 4.90 Å². The van der Waals surface area contributed by atoms with Crippen molar-refractivity contribution in [2.75, 3.05) is 19.8 Å². The molecule has 0 aliphatic carbocycles. The number of imidazole rings is 1. The maximum atomic E-state index is 13.2. The summed E-state index contributed by atoms with van der Waals surface area (Å²) in [6.07, 6.45) is 2.48. The smallest absolute Gasteiger partial charge is 0.297 e. The van der Waals surface area contributed by atoms with Crippen LogP contribution in [0.15, 0.2) is 0 Å². The average molecular weight is 365 g/mol. The first-order chi connectivity index (χ1) is 12.4. The molecule has 2 rings (SSSR count). The Labute approximate surface area is 155 Å². The van der Waals surface area contributed by atoms with Gasteiger partial charge in [0, 0.05) is 25.6 Å². The maximum absolute atomic E-state index is 13.2. The number of hydrogen-bond acceptors (Lipinski definition) is 5. The quantitative estimate of drug-likeness (QED) is 0.714. The van der Waals surface area contributed by atoms with Gasteiger partial charge in [-0.25, -0.2) is 0 Å². The van der Waals surface area contributed by atoms with E-state index in [1.54, 1.807) is 0 Å². The number of aryl methyl sites for hydroxylation is 1. The van der Waals surface area contributed by atoms with Gasteiger partial charge < -0.3 is 9.84 Å². The van der Waals surface area contributed by atoms with Crippen LogP contribution in [0.4, 0.5) is 0 Å². The predicted octanol–water partition coefficient (Wildman–Crippen LogP) is 2.26. The van der Waals surface area contributed by atoms with Gasteiger partial charge >= 0.3 is 0 Å². The number of aromatic nitrogens is 2. The summed E-state index contributed by atoms with van der Waals surface area (Å²) < 4.78 is 7.51. The van der Waals surface area contributed by atoms with Crippen molar-refractivity contribution in [1.82, 2.24) is 14.5 Å². The summed E-state index contributed by atoms with van der Waals surface area (Å²) in [6, 6.07) is 0.454. The van der Waals surface area contributed by atoms with Gasteiger partial charge in [0.1, 0.15) is 5.69 Å². The maximum Gasteiger partial charge on any atom is 0.297 e. The zero-order valence-electron chi connectivity index (χ0n) is 16.3. The first-order valence-electron chi connectivity index (χ1n) is 9.59. The first kappa shape index (κ1) is 20.4. The molecule has 0 unspecified atom stereocenters. The summed E-state index contributed by atoms with van der Waals surface area (Å²) in [7, 11) is 0. The van der Waals surface area contributed by atoms with Crippen LogP contribution in [-0.4, -0.2) is 51.1 Å². The predicted molar refractivity (Wildman–Crippen MR) is 98.1 cm³/mol. The molecule has 2 heterocycles. The minimum Gasteiger partial charge on any atom is -0.465 e. The summed E-state index contributed by atoms with van der Waals surface area (Å²) in [5.41, 5.74) is 1.17. The Morgan fingerprint density at radius 2 is 2.04 bits per heavy atom. The lowest BCUT2D eigenvalue weighted by Crippen LogP contribution is -2.43. The van der Waals surface area contributed by atoms with Crippen molar-refractivity contribution in [2.24, 2.45) is 11.8 Å². The number of aliphatic hydroxyl groups is 1. The molecule has 0 fully saturated rings. The molecular formula is C19H31N3O4. The van der Waals surface area contributed by atoms with Crippen LogP contribution < -0.4 is 4.74 Å². The molecule has 0 bridgehead atoms. The number of imide groups is 1. The highest BCUT2D eigenvalue weighted by atomic mass is 16.5. The van der Waals surface area contributed by atoms with Gasteiger partial charge in [-0.05, 0) is 38.5 Å². The summed E-state index contributed by atoms with van der Waals surface area (Å²) in [5, 5.41) is 9.14. The van der Waals surface area contributed by atoms with Crippen LogP contribution in [0.2, 0.25) is 0 Å². The Bertz CT molecular complexity index is 639. The van der Waals surface area contributed by atoms with Crippen LogP contribution in [0.5, 0.6) is 6.01 Å². The van der Waals surface area contributed by atoms with Gasteiger partial charge in [-0.15, -0.1) is 0 Å². The normalized spacial score (nSPS) is 18.1. The van der Waals surface area contributed by atoms with Gasteiger partial charge in [0.15, 0.2) is 0 Å². The number of hydrogen-bond donors (Lipinski definition) is 1. The molecule has 0 aromatic carbocycles. The van der Waals surface area contributed by atoms with Crippen molar-refractivity contribution in [2.45, 2.75) is 59.9 Å². The molecule has 0 saturated heterocycles. The minimum absolute atomic E-state index is 0.0604. The van der Waals surface area contributed by atoms with Crippen LogP contribution in [0.1, 0.15) is 63.1 Å². The molecule has 146 valence electrons. The van der Waals surface area contributed by atoms with Gasteiger partial charge in [0.25, 0.3) is 11.9 Å². The molecule has 7 heteroatoms. The van der Waals surface area contributed by atoms with E-state index in [2.05, 4.69) is 18.8 Å². The van der Waals surface area contributed by atoms with Gasteiger partial charge in [-0.2, -0.15) is 4.98 Å². The summed E-state index contributed by atoms with van der Waals surface area (Å²) in [6.45, 7) is 9.23. The molecule has 1 aliphatic heterocycles.